The maximum Gasteiger partial charge on any atom is 0.417 e. The van der Waals surface area contributed by atoms with Crippen molar-refractivity contribution < 1.29 is 57.0 Å². The first kappa shape index (κ1) is 45.3. The van der Waals surface area contributed by atoms with Gasteiger partial charge in [-0.15, -0.1) is 0 Å². The minimum absolute atomic E-state index is 0.0688. The summed E-state index contributed by atoms with van der Waals surface area (Å²) in [6, 6.07) is 47.9. The number of hydrogen-bond acceptors (Lipinski definition) is 12. The zero-order valence-corrected chi connectivity index (χ0v) is 36.0. The summed E-state index contributed by atoms with van der Waals surface area (Å²) < 4.78 is 65.0. The highest BCUT2D eigenvalue weighted by Gasteiger charge is 2.59. The Morgan fingerprint density at radius 3 is 1.38 bits per heavy atom. The van der Waals surface area contributed by atoms with E-state index in [0.717, 1.165) is 32.7 Å². The Morgan fingerprint density at radius 2 is 0.906 bits per heavy atom. The predicted molar refractivity (Wildman–Crippen MR) is 233 cm³/mol. The van der Waals surface area contributed by atoms with Crippen molar-refractivity contribution in [3.05, 3.63) is 179 Å². The Balaban J connectivity index is 1.08. The molecule has 13 nitrogen and oxygen atoms in total. The molecule has 3 fully saturated rings. The van der Waals surface area contributed by atoms with Gasteiger partial charge in [0.1, 0.15) is 42.7 Å². The molecule has 0 aromatic heterocycles. The zero-order chi connectivity index (χ0) is 44.1. The van der Waals surface area contributed by atoms with E-state index in [2.05, 4.69) is 0 Å². The summed E-state index contributed by atoms with van der Waals surface area (Å²) in [6.45, 7) is 2.49. The molecule has 3 aliphatic rings. The van der Waals surface area contributed by atoms with Crippen molar-refractivity contribution in [1.29, 1.82) is 0 Å². The highest BCUT2D eigenvalue weighted by Crippen LogP contribution is 2.37. The topological polar surface area (TPSA) is 130 Å². The smallest absolute Gasteiger partial charge is 0.417 e. The molecule has 336 valence electrons. The minimum atomic E-state index is -1.18. The molecule has 2 amide bonds. The summed E-state index contributed by atoms with van der Waals surface area (Å²) in [5.41, 5.74) is 4.75. The maximum atomic E-state index is 13.5. The van der Waals surface area contributed by atoms with E-state index in [1.165, 1.54) is 6.92 Å². The summed E-state index contributed by atoms with van der Waals surface area (Å²) in [7, 11) is 1.55. The van der Waals surface area contributed by atoms with Crippen LogP contribution in [0.1, 0.15) is 34.7 Å². The molecule has 0 aliphatic carbocycles. The van der Waals surface area contributed by atoms with Gasteiger partial charge in [0.2, 0.25) is 5.91 Å². The van der Waals surface area contributed by atoms with Gasteiger partial charge < -0.3 is 47.4 Å². The van der Waals surface area contributed by atoms with E-state index in [0.29, 0.717) is 6.61 Å². The molecule has 3 saturated heterocycles. The van der Waals surface area contributed by atoms with Crippen LogP contribution in [0.3, 0.4) is 0 Å². The fourth-order valence-electron chi connectivity index (χ4n) is 8.30. The lowest BCUT2D eigenvalue weighted by Crippen LogP contribution is -2.64. The number of rotatable bonds is 20. The first-order valence-corrected chi connectivity index (χ1v) is 21.6. The molecule has 0 radical (unpaired) electrons. The lowest BCUT2D eigenvalue weighted by Gasteiger charge is -2.47. The van der Waals surface area contributed by atoms with Crippen LogP contribution in [0.2, 0.25) is 0 Å². The number of ether oxygens (including phenoxy) is 10. The van der Waals surface area contributed by atoms with Gasteiger partial charge in [-0.05, 0) is 27.8 Å². The van der Waals surface area contributed by atoms with E-state index in [-0.39, 0.29) is 39.6 Å². The molecule has 0 spiro atoms. The largest absolute Gasteiger partial charge is 0.440 e. The van der Waals surface area contributed by atoms with Crippen LogP contribution in [0.15, 0.2) is 152 Å². The van der Waals surface area contributed by atoms with E-state index in [9.17, 15) is 9.59 Å². The van der Waals surface area contributed by atoms with Crippen LogP contribution < -0.4 is 0 Å². The predicted octanol–water partition coefficient (Wildman–Crippen LogP) is 7.39. The molecule has 0 N–H and O–H groups in total. The number of benzene rings is 5. The Morgan fingerprint density at radius 1 is 0.500 bits per heavy atom. The second kappa shape index (κ2) is 22.5. The first-order chi connectivity index (χ1) is 31.4. The molecule has 0 saturated carbocycles. The number of fused-ring (bicyclic) bond motifs is 1. The molecular weight excluding hydrogens is 819 g/mol. The van der Waals surface area contributed by atoms with E-state index in [4.69, 9.17) is 47.4 Å². The molecule has 0 bridgehead atoms. The van der Waals surface area contributed by atoms with Crippen LogP contribution in [-0.2, 0) is 85.2 Å². The molecule has 10 atom stereocenters. The molecule has 5 aromatic carbocycles. The Hall–Kier alpha value is -5.32. The Bertz CT molecular complexity index is 2170. The Kier molecular flexibility index (Phi) is 15.9. The third-order valence-corrected chi connectivity index (χ3v) is 11.5. The first-order valence-electron chi connectivity index (χ1n) is 21.6. The molecule has 8 rings (SSSR count). The summed E-state index contributed by atoms with van der Waals surface area (Å²) in [5.74, 6) is -0.527. The fourth-order valence-corrected chi connectivity index (χ4v) is 8.30. The van der Waals surface area contributed by atoms with Crippen LogP contribution in [0, 0.1) is 0 Å². The van der Waals surface area contributed by atoms with Gasteiger partial charge in [-0.25, -0.2) is 9.69 Å². The molecule has 13 heteroatoms. The van der Waals surface area contributed by atoms with Gasteiger partial charge >= 0.3 is 6.09 Å². The van der Waals surface area contributed by atoms with Crippen LogP contribution >= 0.6 is 0 Å². The molecule has 5 aromatic rings. The lowest BCUT2D eigenvalue weighted by atomic mass is 9.95. The molecule has 64 heavy (non-hydrogen) atoms. The standard InChI is InChI=1S/C51H55NO12/c1-35(53)52-43-46(64-51(52)54)44(57-29-37-20-10-4-11-21-37)41(33-56-28-36-18-8-3-9-19-36)62-49(43)61-34-42-45(58-30-38-22-12-5-13-23-38)47(59-31-39-24-14-6-15-25-39)48(50(55-2)63-42)60-32-40-26-16-7-17-27-40/h3-27,41-50H,28-34H2,1-2H3/t41-,42-,43-,44-,45-,46-,47+,48+,49-,50+/m1/s1. The summed E-state index contributed by atoms with van der Waals surface area (Å²) in [5, 5.41) is 0. The average molecular weight is 874 g/mol. The number of methoxy groups -OCH3 is 1. The van der Waals surface area contributed by atoms with Gasteiger partial charge in [0, 0.05) is 14.0 Å². The number of imide groups is 1. The van der Waals surface area contributed by atoms with Crippen molar-refractivity contribution in [3.63, 3.8) is 0 Å². The minimum Gasteiger partial charge on any atom is -0.440 e. The van der Waals surface area contributed by atoms with Crippen molar-refractivity contribution in [3.8, 4) is 0 Å². The third-order valence-electron chi connectivity index (χ3n) is 11.5. The zero-order valence-electron chi connectivity index (χ0n) is 36.0. The number of nitrogens with zero attached hydrogens (tertiary/aromatic N) is 1. The van der Waals surface area contributed by atoms with Gasteiger partial charge in [-0.3, -0.25) is 4.79 Å². The monoisotopic (exact) mass is 873 g/mol. The highest BCUT2D eigenvalue weighted by atomic mass is 16.7. The van der Waals surface area contributed by atoms with Crippen LogP contribution in [0.5, 0.6) is 0 Å². The van der Waals surface area contributed by atoms with Crippen molar-refractivity contribution in [1.82, 2.24) is 4.90 Å². The summed E-state index contributed by atoms with van der Waals surface area (Å²) in [4.78, 5) is 27.8. The third kappa shape index (κ3) is 11.5. The number of carbonyl (C=O) groups excluding carboxylic acids is 2. The normalized spacial score (nSPS) is 26.6. The van der Waals surface area contributed by atoms with Crippen molar-refractivity contribution in [2.45, 2.75) is 101 Å². The van der Waals surface area contributed by atoms with Gasteiger partial charge in [-0.1, -0.05) is 152 Å². The van der Waals surface area contributed by atoms with Gasteiger partial charge in [-0.2, -0.15) is 0 Å². The Labute approximate surface area is 374 Å². The summed E-state index contributed by atoms with van der Waals surface area (Å²) >= 11 is 0. The molecule has 3 heterocycles. The maximum absolute atomic E-state index is 13.5. The average Bonchev–Trinajstić information content (AvgIpc) is 3.69. The number of hydrogen-bond donors (Lipinski definition) is 0. The van der Waals surface area contributed by atoms with Crippen molar-refractivity contribution in [2.75, 3.05) is 20.3 Å². The van der Waals surface area contributed by atoms with Crippen molar-refractivity contribution >= 4 is 12.0 Å². The second-order valence-corrected chi connectivity index (χ2v) is 15.9. The van der Waals surface area contributed by atoms with Gasteiger partial charge in [0.25, 0.3) is 0 Å². The SMILES string of the molecule is CO[C@H]1O[C@H](CO[C@@H]2O[C@H](COCc3ccccc3)[C@@H](OCc3ccccc3)[C@@H]3OC(=O)N(C(C)=O)[C@@H]23)[C@@H](OCc2ccccc2)[C@H](OCc2ccccc2)[C@@H]1OCc1ccccc1. The molecular formula is C51H55NO12. The summed E-state index contributed by atoms with van der Waals surface area (Å²) in [6.07, 6.45) is -8.51. The van der Waals surface area contributed by atoms with Crippen LogP contribution in [0.25, 0.3) is 0 Å². The molecule has 0 unspecified atom stereocenters. The van der Waals surface area contributed by atoms with Crippen LogP contribution in [-0.4, -0.2) is 98.6 Å². The van der Waals surface area contributed by atoms with Crippen molar-refractivity contribution in [2.24, 2.45) is 0 Å². The van der Waals surface area contributed by atoms with Crippen LogP contribution in [0.4, 0.5) is 4.79 Å². The highest BCUT2D eigenvalue weighted by molar-refractivity contribution is 5.92. The fraction of sp³-hybridized carbons (Fsp3) is 0.373. The van der Waals surface area contributed by atoms with Gasteiger partial charge in [0.05, 0.1) is 46.2 Å². The van der Waals surface area contributed by atoms with E-state index in [1.807, 2.05) is 152 Å². The lowest BCUT2D eigenvalue weighted by molar-refractivity contribution is -0.335. The van der Waals surface area contributed by atoms with E-state index in [1.54, 1.807) is 7.11 Å². The second-order valence-electron chi connectivity index (χ2n) is 15.9. The van der Waals surface area contributed by atoms with E-state index < -0.39 is 73.4 Å². The quantitative estimate of drug-likeness (QED) is 0.0773. The molecule has 3 aliphatic heterocycles. The number of amides is 2. The van der Waals surface area contributed by atoms with Gasteiger partial charge in [0.15, 0.2) is 18.7 Å². The van der Waals surface area contributed by atoms with E-state index >= 15 is 0 Å². The number of carbonyl (C=O) groups is 2.